The Bertz CT molecular complexity index is 653. The van der Waals surface area contributed by atoms with Crippen LogP contribution in [0.25, 0.3) is 0 Å². The van der Waals surface area contributed by atoms with Gasteiger partial charge in [-0.1, -0.05) is 0 Å². The highest BCUT2D eigenvalue weighted by molar-refractivity contribution is 4.99. The summed E-state index contributed by atoms with van der Waals surface area (Å²) in [6.07, 6.45) is -22.4. The second-order valence-electron chi connectivity index (χ2n) is 8.37. The van der Waals surface area contributed by atoms with E-state index in [-0.39, 0.29) is 0 Å². The lowest BCUT2D eigenvalue weighted by Gasteiger charge is -2.47. The van der Waals surface area contributed by atoms with Crippen LogP contribution in [0.1, 0.15) is 0 Å². The van der Waals surface area contributed by atoms with Gasteiger partial charge in [-0.25, -0.2) is 0 Å². The van der Waals surface area contributed by atoms with Crippen LogP contribution in [0.4, 0.5) is 0 Å². The minimum Gasteiger partial charge on any atom is -0.394 e. The topological polar surface area (TPSA) is 269 Å². The molecule has 0 spiro atoms. The Kier molecular flexibility index (Phi) is 9.18. The molecule has 16 nitrogen and oxygen atoms in total. The van der Waals surface area contributed by atoms with Crippen LogP contribution in [-0.4, -0.2) is 168 Å². The summed E-state index contributed by atoms with van der Waals surface area (Å²) in [5.74, 6) is -2.41. The van der Waals surface area contributed by atoms with E-state index in [4.69, 9.17) is 23.7 Å². The maximum atomic E-state index is 10.6. The van der Waals surface area contributed by atoms with Crippen molar-refractivity contribution in [3.05, 3.63) is 0 Å². The van der Waals surface area contributed by atoms with E-state index in [9.17, 15) is 56.2 Å². The molecule has 3 saturated heterocycles. The molecule has 14 atom stereocenters. The van der Waals surface area contributed by atoms with Gasteiger partial charge in [-0.2, -0.15) is 0 Å². The van der Waals surface area contributed by atoms with Crippen molar-refractivity contribution in [3.63, 3.8) is 0 Å². The third kappa shape index (κ3) is 4.96. The highest BCUT2D eigenvalue weighted by Gasteiger charge is 2.59. The van der Waals surface area contributed by atoms with Crippen LogP contribution in [0.5, 0.6) is 0 Å². The van der Waals surface area contributed by atoms with E-state index in [1.165, 1.54) is 0 Å². The van der Waals surface area contributed by atoms with Crippen molar-refractivity contribution in [1.29, 1.82) is 0 Å². The highest BCUT2D eigenvalue weighted by Crippen LogP contribution is 2.37. The summed E-state index contributed by atoms with van der Waals surface area (Å²) in [7, 11) is 0. The predicted octanol–water partition coefficient (Wildman–Crippen LogP) is -7.57. The van der Waals surface area contributed by atoms with Gasteiger partial charge in [0.15, 0.2) is 12.6 Å². The van der Waals surface area contributed by atoms with Crippen LogP contribution in [0, 0.1) is 0 Å². The summed E-state index contributed by atoms with van der Waals surface area (Å²) in [6.45, 7) is -3.45. The molecule has 3 heterocycles. The van der Waals surface area contributed by atoms with Crippen LogP contribution < -0.4 is 0 Å². The molecule has 0 aromatic rings. The first-order valence-corrected chi connectivity index (χ1v) is 10.6. The molecule has 34 heavy (non-hydrogen) atoms. The predicted molar refractivity (Wildman–Crippen MR) is 101 cm³/mol. The van der Waals surface area contributed by atoms with E-state index < -0.39 is 112 Å². The van der Waals surface area contributed by atoms with Crippen LogP contribution in [0.2, 0.25) is 0 Å². The number of aliphatic hydroxyl groups is 11. The van der Waals surface area contributed by atoms with Crippen molar-refractivity contribution in [3.8, 4) is 0 Å². The molecule has 0 bridgehead atoms. The Morgan fingerprint density at radius 3 is 1.62 bits per heavy atom. The average molecular weight is 504 g/mol. The van der Waals surface area contributed by atoms with Crippen molar-refractivity contribution < 1.29 is 79.9 Å². The van der Waals surface area contributed by atoms with Crippen LogP contribution in [0.15, 0.2) is 0 Å². The monoisotopic (exact) mass is 504 g/mol. The first-order valence-electron chi connectivity index (χ1n) is 10.6. The van der Waals surface area contributed by atoms with Gasteiger partial charge in [-0.05, 0) is 0 Å². The third-order valence-electron chi connectivity index (χ3n) is 6.19. The zero-order chi connectivity index (χ0) is 25.4. The molecule has 11 N–H and O–H groups in total. The van der Waals surface area contributed by atoms with E-state index in [1.54, 1.807) is 0 Å². The first kappa shape index (κ1) is 27.9. The Balaban J connectivity index is 1.87. The standard InChI is InChI=1S/C18H32O16/c19-1-5-8(23)11(26)13(28)16(30-5)32-14-12(27)9(24)6(2-20)31-17(14)34-18(4-22)15(29)10(25)7(3-21)33-18/h5-17,19-29H,1-4H2/t5-,6-,7-,8-,9-,10-,11+,12+,13-,14-,15+,16+,17-,18+/m1/s1. The molecule has 3 rings (SSSR count). The summed E-state index contributed by atoms with van der Waals surface area (Å²) in [5.41, 5.74) is 0. The Hall–Kier alpha value is -0.640. The summed E-state index contributed by atoms with van der Waals surface area (Å²) >= 11 is 0. The van der Waals surface area contributed by atoms with Gasteiger partial charge in [0.1, 0.15) is 73.8 Å². The molecule has 3 aliphatic rings. The fraction of sp³-hybridized carbons (Fsp3) is 1.00. The largest absolute Gasteiger partial charge is 0.394 e. The molecule has 0 radical (unpaired) electrons. The SMILES string of the molecule is OC[C@H]1O[C@@](CO)(O[C@H]2O[C@H](CO)[C@@H](O)[C@H](O)[C@H]2O[C@@H]2O[C@H](CO)[C@@H](O)[C@H](O)[C@H]2O)[C@@H](O)[C@@H]1O. The van der Waals surface area contributed by atoms with Crippen molar-refractivity contribution in [2.45, 2.75) is 85.5 Å². The fourth-order valence-corrected chi connectivity index (χ4v) is 4.10. The summed E-state index contributed by atoms with van der Waals surface area (Å²) in [5, 5.41) is 109. The number of hydrogen-bond donors (Lipinski definition) is 11. The van der Waals surface area contributed by atoms with Crippen LogP contribution in [-0.2, 0) is 23.7 Å². The van der Waals surface area contributed by atoms with Crippen LogP contribution >= 0.6 is 0 Å². The lowest BCUT2D eigenvalue weighted by atomic mass is 9.97. The average Bonchev–Trinajstić information content (AvgIpc) is 3.08. The van der Waals surface area contributed by atoms with Gasteiger partial charge in [0.05, 0.1) is 19.8 Å². The number of hydrogen-bond acceptors (Lipinski definition) is 16. The molecule has 200 valence electrons. The second-order valence-corrected chi connectivity index (χ2v) is 8.37. The fourth-order valence-electron chi connectivity index (χ4n) is 4.10. The van der Waals surface area contributed by atoms with Gasteiger partial charge >= 0.3 is 0 Å². The minimum absolute atomic E-state index is 0.764. The third-order valence-corrected chi connectivity index (χ3v) is 6.19. The normalized spacial score (nSPS) is 52.1. The highest BCUT2D eigenvalue weighted by atomic mass is 16.8. The molecular formula is C18H32O16. The van der Waals surface area contributed by atoms with Gasteiger partial charge in [0.25, 0.3) is 0 Å². The smallest absolute Gasteiger partial charge is 0.224 e. The van der Waals surface area contributed by atoms with Crippen molar-refractivity contribution in [1.82, 2.24) is 0 Å². The molecule has 3 aliphatic heterocycles. The van der Waals surface area contributed by atoms with Gasteiger partial charge in [0.2, 0.25) is 5.79 Å². The van der Waals surface area contributed by atoms with E-state index in [2.05, 4.69) is 0 Å². The molecule has 16 heteroatoms. The quantitative estimate of drug-likeness (QED) is 0.146. The molecule has 0 aromatic carbocycles. The Morgan fingerprint density at radius 1 is 0.588 bits per heavy atom. The first-order chi connectivity index (χ1) is 16.0. The van der Waals surface area contributed by atoms with Crippen molar-refractivity contribution in [2.24, 2.45) is 0 Å². The van der Waals surface area contributed by atoms with E-state index in [0.29, 0.717) is 0 Å². The lowest BCUT2D eigenvalue weighted by Crippen LogP contribution is -2.66. The van der Waals surface area contributed by atoms with E-state index >= 15 is 0 Å². The maximum Gasteiger partial charge on any atom is 0.224 e. The van der Waals surface area contributed by atoms with E-state index in [0.717, 1.165) is 0 Å². The number of aliphatic hydroxyl groups excluding tert-OH is 11. The van der Waals surface area contributed by atoms with Crippen molar-refractivity contribution >= 4 is 0 Å². The Morgan fingerprint density at radius 2 is 1.12 bits per heavy atom. The summed E-state index contributed by atoms with van der Waals surface area (Å²) in [6, 6.07) is 0. The van der Waals surface area contributed by atoms with Gasteiger partial charge in [0, 0.05) is 0 Å². The molecule has 0 amide bonds. The second kappa shape index (κ2) is 11.2. The zero-order valence-electron chi connectivity index (χ0n) is 17.8. The van der Waals surface area contributed by atoms with E-state index in [1.807, 2.05) is 0 Å². The zero-order valence-corrected chi connectivity index (χ0v) is 17.8. The Labute approximate surface area is 192 Å². The molecule has 0 unspecified atom stereocenters. The maximum absolute atomic E-state index is 10.6. The molecule has 3 fully saturated rings. The number of rotatable bonds is 8. The van der Waals surface area contributed by atoms with Gasteiger partial charge < -0.3 is 79.9 Å². The van der Waals surface area contributed by atoms with Gasteiger partial charge in [-0.15, -0.1) is 0 Å². The van der Waals surface area contributed by atoms with Crippen molar-refractivity contribution in [2.75, 3.05) is 26.4 Å². The molecule has 0 aromatic heterocycles. The summed E-state index contributed by atoms with van der Waals surface area (Å²) < 4.78 is 26.9. The van der Waals surface area contributed by atoms with Gasteiger partial charge in [-0.3, -0.25) is 0 Å². The minimum atomic E-state index is -2.41. The molecule has 0 saturated carbocycles. The molecule has 0 aliphatic carbocycles. The number of ether oxygens (including phenoxy) is 5. The lowest BCUT2D eigenvalue weighted by molar-refractivity contribution is -0.408. The van der Waals surface area contributed by atoms with Crippen LogP contribution in [0.3, 0.4) is 0 Å². The summed E-state index contributed by atoms with van der Waals surface area (Å²) in [4.78, 5) is 0. The molecular weight excluding hydrogens is 472 g/mol.